The number of hydrogen-bond acceptors (Lipinski definition) is 3. The molecule has 0 heterocycles. The van der Waals surface area contributed by atoms with Crippen molar-refractivity contribution in [1.29, 1.82) is 0 Å². The van der Waals surface area contributed by atoms with E-state index in [4.69, 9.17) is 10.5 Å². The van der Waals surface area contributed by atoms with Crippen LogP contribution in [-0.4, -0.2) is 19.6 Å². The Balaban J connectivity index is 2.43. The minimum Gasteiger partial charge on any atom is -0.380 e. The first-order valence-corrected chi connectivity index (χ1v) is 7.51. The van der Waals surface area contributed by atoms with Crippen molar-refractivity contribution in [3.8, 4) is 0 Å². The van der Waals surface area contributed by atoms with E-state index in [1.165, 1.54) is 0 Å². The van der Waals surface area contributed by atoms with Gasteiger partial charge in [0.25, 0.3) is 0 Å². The molecule has 1 rings (SSSR count). The molecule has 0 radical (unpaired) electrons. The van der Waals surface area contributed by atoms with Crippen molar-refractivity contribution < 1.29 is 9.53 Å². The van der Waals surface area contributed by atoms with E-state index in [-0.39, 0.29) is 11.3 Å². The minimum atomic E-state index is 0.0901. The first-order chi connectivity index (χ1) is 9.98. The summed E-state index contributed by atoms with van der Waals surface area (Å²) in [6.07, 6.45) is 2.34. The van der Waals surface area contributed by atoms with Crippen LogP contribution in [-0.2, 0) is 22.7 Å². The Morgan fingerprint density at radius 3 is 2.52 bits per heavy atom. The van der Waals surface area contributed by atoms with Crippen molar-refractivity contribution in [3.05, 3.63) is 35.4 Å². The molecule has 1 aromatic rings. The molecule has 0 spiro atoms. The second-order valence-electron chi connectivity index (χ2n) is 6.18. The van der Waals surface area contributed by atoms with Gasteiger partial charge in [0.05, 0.1) is 6.61 Å². The van der Waals surface area contributed by atoms with Crippen molar-refractivity contribution in [1.82, 2.24) is 5.32 Å². The Morgan fingerprint density at radius 1 is 1.24 bits per heavy atom. The summed E-state index contributed by atoms with van der Waals surface area (Å²) in [6, 6.07) is 8.00. The van der Waals surface area contributed by atoms with Gasteiger partial charge >= 0.3 is 0 Å². The van der Waals surface area contributed by atoms with Gasteiger partial charge in [0.1, 0.15) is 0 Å². The maximum absolute atomic E-state index is 12.0. The Morgan fingerprint density at radius 2 is 1.90 bits per heavy atom. The van der Waals surface area contributed by atoms with E-state index in [1.54, 1.807) is 7.11 Å². The number of methoxy groups -OCH3 is 1. The maximum Gasteiger partial charge on any atom is 0.220 e. The highest BCUT2D eigenvalue weighted by molar-refractivity contribution is 5.75. The van der Waals surface area contributed by atoms with E-state index in [0.29, 0.717) is 26.1 Å². The van der Waals surface area contributed by atoms with Crippen molar-refractivity contribution >= 4 is 5.91 Å². The van der Waals surface area contributed by atoms with Crippen molar-refractivity contribution in [3.63, 3.8) is 0 Å². The van der Waals surface area contributed by atoms with E-state index in [0.717, 1.165) is 24.0 Å². The first-order valence-electron chi connectivity index (χ1n) is 7.51. The third-order valence-electron chi connectivity index (χ3n) is 3.74. The van der Waals surface area contributed by atoms with Crippen LogP contribution in [0.15, 0.2) is 24.3 Å². The Labute approximate surface area is 128 Å². The van der Waals surface area contributed by atoms with E-state index in [9.17, 15) is 4.79 Å². The summed E-state index contributed by atoms with van der Waals surface area (Å²) in [4.78, 5) is 12.0. The number of carbonyl (C=O) groups excluding carboxylic acids is 1. The molecule has 0 aliphatic rings. The fourth-order valence-corrected chi connectivity index (χ4v) is 2.28. The normalized spacial score (nSPS) is 11.4. The number of carbonyl (C=O) groups is 1. The third kappa shape index (κ3) is 6.74. The molecule has 118 valence electrons. The van der Waals surface area contributed by atoms with E-state index in [2.05, 4.69) is 19.2 Å². The van der Waals surface area contributed by atoms with Crippen LogP contribution < -0.4 is 11.1 Å². The summed E-state index contributed by atoms with van der Waals surface area (Å²) in [5.74, 6) is 0.0901. The minimum absolute atomic E-state index is 0.0901. The molecule has 0 bridgehead atoms. The van der Waals surface area contributed by atoms with Crippen molar-refractivity contribution in [2.45, 2.75) is 46.3 Å². The number of nitrogens with one attached hydrogen (secondary N) is 1. The molecule has 0 unspecified atom stereocenters. The van der Waals surface area contributed by atoms with Gasteiger partial charge in [0.2, 0.25) is 5.91 Å². The Hall–Kier alpha value is -1.39. The van der Waals surface area contributed by atoms with Crippen LogP contribution in [0.2, 0.25) is 0 Å². The average molecular weight is 292 g/mol. The lowest BCUT2D eigenvalue weighted by molar-refractivity contribution is -0.121. The molecular weight excluding hydrogens is 264 g/mol. The number of benzene rings is 1. The molecule has 1 amide bonds. The van der Waals surface area contributed by atoms with Gasteiger partial charge in [0.15, 0.2) is 0 Å². The van der Waals surface area contributed by atoms with E-state index >= 15 is 0 Å². The van der Waals surface area contributed by atoms with Gasteiger partial charge in [-0.15, -0.1) is 0 Å². The lowest BCUT2D eigenvalue weighted by Crippen LogP contribution is -2.26. The van der Waals surface area contributed by atoms with Crippen LogP contribution in [0.3, 0.4) is 0 Å². The molecule has 0 aliphatic carbocycles. The molecule has 0 aliphatic heterocycles. The molecule has 4 heteroatoms. The molecule has 21 heavy (non-hydrogen) atoms. The molecule has 0 aromatic heterocycles. The lowest BCUT2D eigenvalue weighted by atomic mass is 9.84. The number of amides is 1. The standard InChI is InChI=1S/C17H28N2O2/c1-17(2,10-11-18)9-8-16(20)19-12-14-6-4-5-7-15(14)13-21-3/h4-7H,8-13,18H2,1-3H3,(H,19,20). The first kappa shape index (κ1) is 17.7. The maximum atomic E-state index is 12.0. The number of nitrogens with two attached hydrogens (primary N) is 1. The molecule has 0 saturated heterocycles. The number of ether oxygens (including phenoxy) is 1. The van der Waals surface area contributed by atoms with E-state index < -0.39 is 0 Å². The smallest absolute Gasteiger partial charge is 0.220 e. The second-order valence-corrected chi connectivity index (χ2v) is 6.18. The van der Waals surface area contributed by atoms with Gasteiger partial charge in [-0.2, -0.15) is 0 Å². The van der Waals surface area contributed by atoms with Crippen LogP contribution >= 0.6 is 0 Å². The van der Waals surface area contributed by atoms with Gasteiger partial charge < -0.3 is 15.8 Å². The van der Waals surface area contributed by atoms with E-state index in [1.807, 2.05) is 24.3 Å². The second kappa shape index (κ2) is 8.80. The van der Waals surface area contributed by atoms with Crippen molar-refractivity contribution in [2.24, 2.45) is 11.1 Å². The zero-order chi connectivity index (χ0) is 15.7. The summed E-state index contributed by atoms with van der Waals surface area (Å²) in [5.41, 5.74) is 7.93. The molecule has 0 atom stereocenters. The molecule has 1 aromatic carbocycles. The van der Waals surface area contributed by atoms with Gasteiger partial charge in [-0.1, -0.05) is 38.1 Å². The zero-order valence-corrected chi connectivity index (χ0v) is 13.4. The van der Waals surface area contributed by atoms with Crippen molar-refractivity contribution in [2.75, 3.05) is 13.7 Å². The summed E-state index contributed by atoms with van der Waals surface area (Å²) in [5, 5.41) is 2.99. The topological polar surface area (TPSA) is 64.3 Å². The molecular formula is C17H28N2O2. The Bertz CT molecular complexity index is 444. The summed E-state index contributed by atoms with van der Waals surface area (Å²) in [7, 11) is 1.68. The summed E-state index contributed by atoms with van der Waals surface area (Å²) < 4.78 is 5.17. The third-order valence-corrected chi connectivity index (χ3v) is 3.74. The number of hydrogen-bond donors (Lipinski definition) is 2. The number of rotatable bonds is 9. The van der Waals surface area contributed by atoms with Gasteiger partial charge in [-0.05, 0) is 35.9 Å². The van der Waals surface area contributed by atoms with Crippen LogP contribution in [0, 0.1) is 5.41 Å². The zero-order valence-electron chi connectivity index (χ0n) is 13.4. The van der Waals surface area contributed by atoms with Crippen LogP contribution in [0.5, 0.6) is 0 Å². The lowest BCUT2D eigenvalue weighted by Gasteiger charge is -2.23. The molecule has 4 nitrogen and oxygen atoms in total. The highest BCUT2D eigenvalue weighted by Gasteiger charge is 2.18. The van der Waals surface area contributed by atoms with Crippen LogP contribution in [0.4, 0.5) is 0 Å². The predicted octanol–water partition coefficient (Wildman–Crippen LogP) is 2.60. The SMILES string of the molecule is COCc1ccccc1CNC(=O)CCC(C)(C)CCN. The predicted molar refractivity (Wildman–Crippen MR) is 85.7 cm³/mol. The highest BCUT2D eigenvalue weighted by Crippen LogP contribution is 2.25. The molecule has 0 fully saturated rings. The van der Waals surface area contributed by atoms with Gasteiger partial charge in [0, 0.05) is 20.1 Å². The highest BCUT2D eigenvalue weighted by atomic mass is 16.5. The largest absolute Gasteiger partial charge is 0.380 e. The summed E-state index contributed by atoms with van der Waals surface area (Å²) in [6.45, 7) is 6.09. The fraction of sp³-hybridized carbons (Fsp3) is 0.588. The summed E-state index contributed by atoms with van der Waals surface area (Å²) >= 11 is 0. The van der Waals surface area contributed by atoms with Crippen LogP contribution in [0.25, 0.3) is 0 Å². The Kier molecular flexibility index (Phi) is 7.40. The molecule has 3 N–H and O–H groups in total. The fourth-order valence-electron chi connectivity index (χ4n) is 2.28. The monoisotopic (exact) mass is 292 g/mol. The van der Waals surface area contributed by atoms with Crippen LogP contribution in [0.1, 0.15) is 44.2 Å². The molecule has 0 saturated carbocycles. The quantitative estimate of drug-likeness (QED) is 0.735. The van der Waals surface area contributed by atoms with Gasteiger partial charge in [-0.3, -0.25) is 4.79 Å². The van der Waals surface area contributed by atoms with Gasteiger partial charge in [-0.25, -0.2) is 0 Å². The average Bonchev–Trinajstić information content (AvgIpc) is 2.44.